The SMILES string of the molecule is CN(C)c1nc(Cl)c(C#N)c(=O)o1. The van der Waals surface area contributed by atoms with E-state index in [0.29, 0.717) is 0 Å². The normalized spacial score (nSPS) is 9.38. The van der Waals surface area contributed by atoms with E-state index >= 15 is 0 Å². The molecule has 5 nitrogen and oxygen atoms in total. The molecule has 0 aliphatic heterocycles. The number of hydrogen-bond donors (Lipinski definition) is 0. The van der Waals surface area contributed by atoms with Crippen LogP contribution < -0.4 is 10.5 Å². The monoisotopic (exact) mass is 199 g/mol. The third-order valence-electron chi connectivity index (χ3n) is 1.28. The second-order valence-electron chi connectivity index (χ2n) is 2.46. The number of rotatable bonds is 1. The fourth-order valence-corrected chi connectivity index (χ4v) is 0.856. The summed E-state index contributed by atoms with van der Waals surface area (Å²) in [5.74, 6) is 0. The Morgan fingerprint density at radius 1 is 1.62 bits per heavy atom. The van der Waals surface area contributed by atoms with Crippen molar-refractivity contribution < 1.29 is 4.42 Å². The minimum absolute atomic E-state index is 0.0778. The van der Waals surface area contributed by atoms with Crippen LogP contribution in [0.5, 0.6) is 0 Å². The van der Waals surface area contributed by atoms with Crippen molar-refractivity contribution in [2.45, 2.75) is 0 Å². The molecule has 0 saturated heterocycles. The van der Waals surface area contributed by atoms with Crippen LogP contribution in [0.4, 0.5) is 6.01 Å². The highest BCUT2D eigenvalue weighted by atomic mass is 35.5. The van der Waals surface area contributed by atoms with Gasteiger partial charge in [-0.3, -0.25) is 0 Å². The molecule has 0 radical (unpaired) electrons. The molecule has 0 N–H and O–H groups in total. The highest BCUT2D eigenvalue weighted by Crippen LogP contribution is 2.12. The Labute approximate surface area is 79.2 Å². The number of nitrogens with zero attached hydrogens (tertiary/aromatic N) is 3. The number of anilines is 1. The maximum absolute atomic E-state index is 11.1. The van der Waals surface area contributed by atoms with Gasteiger partial charge in [-0.2, -0.15) is 10.2 Å². The zero-order chi connectivity index (χ0) is 10.0. The van der Waals surface area contributed by atoms with Gasteiger partial charge in [0.15, 0.2) is 10.7 Å². The van der Waals surface area contributed by atoms with Crippen molar-refractivity contribution >= 4 is 17.6 Å². The van der Waals surface area contributed by atoms with Crippen molar-refractivity contribution in [3.05, 3.63) is 21.1 Å². The quantitative estimate of drug-likeness (QED) is 0.663. The molecule has 13 heavy (non-hydrogen) atoms. The van der Waals surface area contributed by atoms with Crippen molar-refractivity contribution in [1.29, 1.82) is 5.26 Å². The molecule has 6 heteroatoms. The van der Waals surface area contributed by atoms with Crippen LogP contribution in [0.3, 0.4) is 0 Å². The molecular formula is C7H6ClN3O2. The van der Waals surface area contributed by atoms with Gasteiger partial charge in [0, 0.05) is 14.1 Å². The van der Waals surface area contributed by atoms with Crippen molar-refractivity contribution in [3.63, 3.8) is 0 Å². The molecule has 0 amide bonds. The molecule has 1 aromatic heterocycles. The zero-order valence-electron chi connectivity index (χ0n) is 7.04. The molecule has 0 atom stereocenters. The summed E-state index contributed by atoms with van der Waals surface area (Å²) in [7, 11) is 3.29. The highest BCUT2D eigenvalue weighted by Gasteiger charge is 2.11. The summed E-state index contributed by atoms with van der Waals surface area (Å²) in [5, 5.41) is 8.34. The van der Waals surface area contributed by atoms with Crippen molar-refractivity contribution in [1.82, 2.24) is 4.98 Å². The first-order valence-electron chi connectivity index (χ1n) is 3.34. The van der Waals surface area contributed by atoms with Gasteiger partial charge >= 0.3 is 11.6 Å². The van der Waals surface area contributed by atoms with Crippen LogP contribution in [0.2, 0.25) is 5.15 Å². The minimum atomic E-state index is -0.772. The first-order chi connectivity index (χ1) is 6.06. The van der Waals surface area contributed by atoms with Gasteiger partial charge in [-0.1, -0.05) is 11.6 Å². The third kappa shape index (κ3) is 1.79. The summed E-state index contributed by atoms with van der Waals surface area (Å²) in [4.78, 5) is 16.2. The molecule has 1 aromatic rings. The summed E-state index contributed by atoms with van der Waals surface area (Å²) in [6, 6.07) is 1.69. The Bertz CT molecular complexity index is 419. The summed E-state index contributed by atoms with van der Waals surface area (Å²) >= 11 is 5.56. The van der Waals surface area contributed by atoms with Crippen molar-refractivity contribution in [3.8, 4) is 6.07 Å². The second kappa shape index (κ2) is 3.46. The number of nitriles is 1. The molecule has 0 spiro atoms. The molecule has 0 unspecified atom stereocenters. The molecule has 0 aliphatic carbocycles. The topological polar surface area (TPSA) is 70.1 Å². The van der Waals surface area contributed by atoms with Crippen LogP contribution in [0, 0.1) is 11.3 Å². The largest absolute Gasteiger partial charge is 0.388 e. The van der Waals surface area contributed by atoms with Crippen LogP contribution in [-0.4, -0.2) is 19.1 Å². The molecule has 1 rings (SSSR count). The smallest absolute Gasteiger partial charge is 0.359 e. The van der Waals surface area contributed by atoms with Crippen molar-refractivity contribution in [2.75, 3.05) is 19.0 Å². The van der Waals surface area contributed by atoms with Gasteiger partial charge < -0.3 is 9.32 Å². The van der Waals surface area contributed by atoms with Gasteiger partial charge in [0.05, 0.1) is 0 Å². The summed E-state index contributed by atoms with van der Waals surface area (Å²) in [6.45, 7) is 0. The average molecular weight is 200 g/mol. The number of aromatic nitrogens is 1. The highest BCUT2D eigenvalue weighted by molar-refractivity contribution is 6.30. The molecule has 0 aliphatic rings. The predicted octanol–water partition coefficient (Wildman–Crippen LogP) is 0.626. The summed E-state index contributed by atoms with van der Waals surface area (Å²) in [5.41, 5.74) is -1.04. The minimum Gasteiger partial charge on any atom is -0.388 e. The lowest BCUT2D eigenvalue weighted by Crippen LogP contribution is -2.16. The first kappa shape index (κ1) is 9.55. The Kier molecular flexibility index (Phi) is 2.54. The van der Waals surface area contributed by atoms with E-state index < -0.39 is 5.63 Å². The molecule has 0 saturated carbocycles. The van der Waals surface area contributed by atoms with E-state index in [-0.39, 0.29) is 16.7 Å². The van der Waals surface area contributed by atoms with Gasteiger partial charge in [-0.25, -0.2) is 4.79 Å². The van der Waals surface area contributed by atoms with Gasteiger partial charge in [-0.05, 0) is 0 Å². The van der Waals surface area contributed by atoms with Gasteiger partial charge in [0.1, 0.15) is 6.07 Å². The Balaban J connectivity index is 3.40. The van der Waals surface area contributed by atoms with E-state index in [0.717, 1.165) is 0 Å². The molecule has 0 aromatic carbocycles. The maximum atomic E-state index is 11.1. The van der Waals surface area contributed by atoms with E-state index in [9.17, 15) is 4.79 Å². The van der Waals surface area contributed by atoms with Gasteiger partial charge in [0.2, 0.25) is 0 Å². The van der Waals surface area contributed by atoms with E-state index in [1.807, 2.05) is 0 Å². The van der Waals surface area contributed by atoms with Crippen LogP contribution >= 0.6 is 11.6 Å². The molecular weight excluding hydrogens is 194 g/mol. The average Bonchev–Trinajstić information content (AvgIpc) is 2.03. The fourth-order valence-electron chi connectivity index (χ4n) is 0.664. The lowest BCUT2D eigenvalue weighted by molar-refractivity contribution is 0.490. The van der Waals surface area contributed by atoms with E-state index in [1.54, 1.807) is 20.2 Å². The fraction of sp³-hybridized carbons (Fsp3) is 0.286. The zero-order valence-corrected chi connectivity index (χ0v) is 7.79. The van der Waals surface area contributed by atoms with Crippen molar-refractivity contribution in [2.24, 2.45) is 0 Å². The van der Waals surface area contributed by atoms with Gasteiger partial charge in [-0.15, -0.1) is 0 Å². The third-order valence-corrected chi connectivity index (χ3v) is 1.56. The lowest BCUT2D eigenvalue weighted by Gasteiger charge is -2.07. The Hall–Kier alpha value is -1.54. The summed E-state index contributed by atoms with van der Waals surface area (Å²) < 4.78 is 4.69. The van der Waals surface area contributed by atoms with E-state index in [1.165, 1.54) is 4.90 Å². The van der Waals surface area contributed by atoms with Crippen LogP contribution in [0.1, 0.15) is 5.56 Å². The molecule has 68 valence electrons. The second-order valence-corrected chi connectivity index (χ2v) is 2.81. The standard InChI is InChI=1S/C7H6ClN3O2/c1-11(2)7-10-5(8)4(3-9)6(12)13-7/h1-2H3. The van der Waals surface area contributed by atoms with Crippen LogP contribution in [0.25, 0.3) is 0 Å². The number of hydrogen-bond acceptors (Lipinski definition) is 5. The van der Waals surface area contributed by atoms with Gasteiger partial charge in [0.25, 0.3) is 0 Å². The van der Waals surface area contributed by atoms with E-state index in [2.05, 4.69) is 4.98 Å². The van der Waals surface area contributed by atoms with E-state index in [4.69, 9.17) is 21.3 Å². The van der Waals surface area contributed by atoms with Crippen LogP contribution in [-0.2, 0) is 0 Å². The number of halogens is 1. The Morgan fingerprint density at radius 2 is 2.23 bits per heavy atom. The maximum Gasteiger partial charge on any atom is 0.359 e. The summed E-state index contributed by atoms with van der Waals surface area (Å²) in [6.07, 6.45) is 0. The molecule has 1 heterocycles. The molecule has 0 bridgehead atoms. The molecule has 0 fully saturated rings. The first-order valence-corrected chi connectivity index (χ1v) is 3.72. The lowest BCUT2D eigenvalue weighted by atomic mass is 10.4. The Morgan fingerprint density at radius 3 is 2.62 bits per heavy atom. The predicted molar refractivity (Wildman–Crippen MR) is 46.8 cm³/mol. The van der Waals surface area contributed by atoms with Crippen LogP contribution in [0.15, 0.2) is 9.21 Å².